The van der Waals surface area contributed by atoms with Crippen LogP contribution in [-0.4, -0.2) is 30.0 Å². The third kappa shape index (κ3) is 3.31. The standard InChI is InChI=1S/C15H12N4O5S2/c20-15(10-1-5-12(6-2-10)18(21)22)9-26-14(25)17(15)16-11-3-7-13(8-4-11)19(23)24/h1-8,16,20H,9H2. The summed E-state index contributed by atoms with van der Waals surface area (Å²) in [7, 11) is 0. The van der Waals surface area contributed by atoms with Gasteiger partial charge in [-0.15, -0.1) is 0 Å². The zero-order valence-electron chi connectivity index (χ0n) is 13.1. The average Bonchev–Trinajstić information content (AvgIpc) is 2.92. The second-order valence-corrected chi connectivity index (χ2v) is 7.04. The highest BCUT2D eigenvalue weighted by Gasteiger charge is 2.45. The maximum absolute atomic E-state index is 11.1. The van der Waals surface area contributed by atoms with E-state index < -0.39 is 15.6 Å². The fourth-order valence-corrected chi connectivity index (χ4v) is 3.75. The van der Waals surface area contributed by atoms with E-state index >= 15 is 0 Å². The van der Waals surface area contributed by atoms with Crippen LogP contribution < -0.4 is 5.43 Å². The van der Waals surface area contributed by atoms with E-state index in [1.807, 2.05) is 0 Å². The first-order valence-electron chi connectivity index (χ1n) is 7.27. The summed E-state index contributed by atoms with van der Waals surface area (Å²) in [6, 6.07) is 11.2. The summed E-state index contributed by atoms with van der Waals surface area (Å²) in [4.78, 5) is 20.5. The Kier molecular flexibility index (Phi) is 4.76. The smallest absolute Gasteiger partial charge is 0.269 e. The van der Waals surface area contributed by atoms with Gasteiger partial charge in [0.25, 0.3) is 11.4 Å². The van der Waals surface area contributed by atoms with E-state index in [-0.39, 0.29) is 17.1 Å². The maximum Gasteiger partial charge on any atom is 0.269 e. The molecular formula is C15H12N4O5S2. The Labute approximate surface area is 156 Å². The molecule has 26 heavy (non-hydrogen) atoms. The van der Waals surface area contributed by atoms with Gasteiger partial charge in [0.05, 0.1) is 21.3 Å². The van der Waals surface area contributed by atoms with Gasteiger partial charge in [-0.2, -0.15) is 0 Å². The second kappa shape index (κ2) is 6.86. The summed E-state index contributed by atoms with van der Waals surface area (Å²) >= 11 is 6.52. The van der Waals surface area contributed by atoms with Gasteiger partial charge >= 0.3 is 0 Å². The van der Waals surface area contributed by atoms with Crippen LogP contribution in [0.2, 0.25) is 0 Å². The number of benzene rings is 2. The monoisotopic (exact) mass is 392 g/mol. The molecule has 0 amide bonds. The van der Waals surface area contributed by atoms with Crippen LogP contribution in [-0.2, 0) is 5.72 Å². The Morgan fingerprint density at radius 2 is 1.54 bits per heavy atom. The topological polar surface area (TPSA) is 122 Å². The molecule has 1 atom stereocenters. The van der Waals surface area contributed by atoms with Gasteiger partial charge in [0.1, 0.15) is 0 Å². The Hall–Kier alpha value is -2.76. The second-order valence-electron chi connectivity index (χ2n) is 5.43. The molecule has 2 N–H and O–H groups in total. The first-order chi connectivity index (χ1) is 12.3. The van der Waals surface area contributed by atoms with Crippen molar-refractivity contribution in [2.24, 2.45) is 0 Å². The maximum atomic E-state index is 11.1. The highest BCUT2D eigenvalue weighted by molar-refractivity contribution is 8.23. The molecule has 0 radical (unpaired) electrons. The number of nitrogens with one attached hydrogen (secondary N) is 1. The van der Waals surface area contributed by atoms with Crippen LogP contribution in [0.3, 0.4) is 0 Å². The molecule has 0 spiro atoms. The van der Waals surface area contributed by atoms with Crippen LogP contribution in [0.1, 0.15) is 5.56 Å². The fraction of sp³-hybridized carbons (Fsp3) is 0.133. The van der Waals surface area contributed by atoms with Crippen molar-refractivity contribution in [3.05, 3.63) is 74.3 Å². The van der Waals surface area contributed by atoms with Gasteiger partial charge in [0.15, 0.2) is 10.0 Å². The van der Waals surface area contributed by atoms with Crippen molar-refractivity contribution < 1.29 is 15.0 Å². The van der Waals surface area contributed by atoms with Crippen molar-refractivity contribution in [1.82, 2.24) is 5.01 Å². The van der Waals surface area contributed by atoms with Crippen molar-refractivity contribution in [1.29, 1.82) is 0 Å². The normalized spacial score (nSPS) is 19.4. The van der Waals surface area contributed by atoms with Crippen molar-refractivity contribution in [3.8, 4) is 0 Å². The predicted molar refractivity (Wildman–Crippen MR) is 101 cm³/mol. The molecule has 0 saturated carbocycles. The van der Waals surface area contributed by atoms with E-state index in [1.165, 1.54) is 65.3 Å². The summed E-state index contributed by atoms with van der Waals surface area (Å²) in [6.07, 6.45) is 0. The number of non-ortho nitro benzene ring substituents is 2. The first-order valence-corrected chi connectivity index (χ1v) is 8.66. The first kappa shape index (κ1) is 18.0. The zero-order valence-corrected chi connectivity index (χ0v) is 14.7. The largest absolute Gasteiger partial charge is 0.365 e. The fourth-order valence-electron chi connectivity index (χ4n) is 2.43. The molecule has 1 saturated heterocycles. The van der Waals surface area contributed by atoms with Crippen LogP contribution in [0.25, 0.3) is 0 Å². The summed E-state index contributed by atoms with van der Waals surface area (Å²) in [5.74, 6) is 0.226. The highest BCUT2D eigenvalue weighted by atomic mass is 32.2. The lowest BCUT2D eigenvalue weighted by atomic mass is 10.0. The predicted octanol–water partition coefficient (Wildman–Crippen LogP) is 3.01. The quantitative estimate of drug-likeness (QED) is 0.449. The van der Waals surface area contributed by atoms with Gasteiger partial charge in [-0.1, -0.05) is 24.0 Å². The van der Waals surface area contributed by atoms with Crippen LogP contribution in [0.4, 0.5) is 17.1 Å². The number of anilines is 1. The Morgan fingerprint density at radius 3 is 2.04 bits per heavy atom. The Bertz CT molecular complexity index is 875. The molecule has 1 aliphatic rings. The van der Waals surface area contributed by atoms with E-state index in [1.54, 1.807) is 0 Å². The zero-order chi connectivity index (χ0) is 18.9. The molecule has 134 valence electrons. The van der Waals surface area contributed by atoms with Crippen LogP contribution in [0, 0.1) is 20.2 Å². The number of aliphatic hydroxyl groups is 1. The van der Waals surface area contributed by atoms with E-state index in [4.69, 9.17) is 12.2 Å². The van der Waals surface area contributed by atoms with Gasteiger partial charge in [-0.05, 0) is 24.3 Å². The summed E-state index contributed by atoms with van der Waals surface area (Å²) in [5, 5.41) is 34.0. The molecule has 2 aromatic rings. The average molecular weight is 392 g/mol. The Balaban J connectivity index is 1.87. The molecule has 9 nitrogen and oxygen atoms in total. The molecule has 1 aliphatic heterocycles. The third-order valence-electron chi connectivity index (χ3n) is 3.81. The molecule has 0 aromatic heterocycles. The lowest BCUT2D eigenvalue weighted by molar-refractivity contribution is -0.385. The number of nitrogens with zero attached hydrogens (tertiary/aromatic N) is 3. The molecule has 11 heteroatoms. The number of thioether (sulfide) groups is 1. The van der Waals surface area contributed by atoms with E-state index in [0.29, 0.717) is 15.6 Å². The lowest BCUT2D eigenvalue weighted by Crippen LogP contribution is -2.47. The number of nitro groups is 2. The number of hydrazine groups is 1. The molecular weight excluding hydrogens is 380 g/mol. The SMILES string of the molecule is O=[N+]([O-])c1ccc(NN2C(=S)SCC2(O)c2ccc([N+](=O)[O-])cc2)cc1. The summed E-state index contributed by atoms with van der Waals surface area (Å²) in [5.41, 5.74) is 2.23. The van der Waals surface area contributed by atoms with Gasteiger partial charge in [-0.25, -0.2) is 5.01 Å². The van der Waals surface area contributed by atoms with E-state index in [9.17, 15) is 25.3 Å². The molecule has 0 aliphatic carbocycles. The minimum absolute atomic E-state index is 0.0560. The third-order valence-corrected chi connectivity index (χ3v) is 5.32. The van der Waals surface area contributed by atoms with E-state index in [2.05, 4.69) is 5.43 Å². The molecule has 0 bridgehead atoms. The molecule has 1 unspecified atom stereocenters. The van der Waals surface area contributed by atoms with Crippen LogP contribution in [0.15, 0.2) is 48.5 Å². The number of thiocarbonyl (C=S) groups is 1. The molecule has 1 heterocycles. The highest BCUT2D eigenvalue weighted by Crippen LogP contribution is 2.39. The van der Waals surface area contributed by atoms with Crippen molar-refractivity contribution in [2.75, 3.05) is 11.2 Å². The lowest BCUT2D eigenvalue weighted by Gasteiger charge is -2.34. The Morgan fingerprint density at radius 1 is 1.04 bits per heavy atom. The van der Waals surface area contributed by atoms with Crippen molar-refractivity contribution in [2.45, 2.75) is 5.72 Å². The van der Waals surface area contributed by atoms with Gasteiger partial charge in [0, 0.05) is 29.8 Å². The van der Waals surface area contributed by atoms with Crippen LogP contribution in [0.5, 0.6) is 0 Å². The van der Waals surface area contributed by atoms with E-state index in [0.717, 1.165) is 0 Å². The van der Waals surface area contributed by atoms with Crippen molar-refractivity contribution >= 4 is 45.4 Å². The van der Waals surface area contributed by atoms with Crippen LogP contribution >= 0.6 is 24.0 Å². The minimum Gasteiger partial charge on any atom is -0.365 e. The minimum atomic E-state index is -1.52. The number of hydrogen-bond donors (Lipinski definition) is 2. The number of hydrogen-bond acceptors (Lipinski definition) is 8. The molecule has 2 aromatic carbocycles. The molecule has 1 fully saturated rings. The van der Waals surface area contributed by atoms with Gasteiger partial charge in [-0.3, -0.25) is 25.7 Å². The molecule has 3 rings (SSSR count). The van der Waals surface area contributed by atoms with Gasteiger partial charge in [0.2, 0.25) is 0 Å². The van der Waals surface area contributed by atoms with Gasteiger partial charge < -0.3 is 5.11 Å². The summed E-state index contributed by atoms with van der Waals surface area (Å²) < 4.78 is 0.379. The van der Waals surface area contributed by atoms with Crippen molar-refractivity contribution in [3.63, 3.8) is 0 Å². The number of rotatable bonds is 5. The number of nitro benzene ring substituents is 2. The summed E-state index contributed by atoms with van der Waals surface area (Å²) in [6.45, 7) is 0.